The Morgan fingerprint density at radius 2 is 1.86 bits per heavy atom. The van der Waals surface area contributed by atoms with Gasteiger partial charge in [0.15, 0.2) is 17.3 Å². The van der Waals surface area contributed by atoms with Crippen LogP contribution in [0.2, 0.25) is 0 Å². The summed E-state index contributed by atoms with van der Waals surface area (Å²) in [6.07, 6.45) is 4.35. The molecule has 11 nitrogen and oxygen atoms in total. The number of anilines is 2. The summed E-state index contributed by atoms with van der Waals surface area (Å²) in [6.45, 7) is 3.47. The quantitative estimate of drug-likeness (QED) is 0.335. The van der Waals surface area contributed by atoms with Crippen molar-refractivity contribution in [3.8, 4) is 39.8 Å². The predicted molar refractivity (Wildman–Crippen MR) is 135 cm³/mol. The number of benzene rings is 2. The fraction of sp³-hybridized carbons (Fsp3) is 0.0800. The minimum Gasteiger partial charge on any atom is -0.493 e. The van der Waals surface area contributed by atoms with Crippen LogP contribution in [0.15, 0.2) is 73.7 Å². The Morgan fingerprint density at radius 1 is 1.08 bits per heavy atom. The van der Waals surface area contributed by atoms with E-state index < -0.39 is 0 Å². The molecule has 180 valence electrons. The Labute approximate surface area is 205 Å². The average Bonchev–Trinajstić information content (AvgIpc) is 3.48. The van der Waals surface area contributed by atoms with E-state index in [1.807, 2.05) is 31.3 Å². The second-order valence-corrected chi connectivity index (χ2v) is 7.77. The lowest BCUT2D eigenvalue weighted by molar-refractivity contribution is -0.111. The van der Waals surface area contributed by atoms with Gasteiger partial charge in [-0.15, -0.1) is 19.9 Å². The van der Waals surface area contributed by atoms with E-state index in [-0.39, 0.29) is 11.7 Å². The SMILES string of the molecule is C=CC(=O)Nc1ccc(-c2nn3ncnc(N)c3c2-c2ccc(Oc3ccn(C)n3)c(OC)c2)cc1. The smallest absolute Gasteiger partial charge is 0.247 e. The number of nitrogens with zero attached hydrogens (tertiary/aromatic N) is 6. The number of aromatic nitrogens is 6. The number of aryl methyl sites for hydroxylation is 1. The molecule has 5 rings (SSSR count). The van der Waals surface area contributed by atoms with Crippen molar-refractivity contribution < 1.29 is 14.3 Å². The van der Waals surface area contributed by atoms with Crippen molar-refractivity contribution in [2.45, 2.75) is 0 Å². The lowest BCUT2D eigenvalue weighted by atomic mass is 9.99. The average molecular weight is 483 g/mol. The molecule has 36 heavy (non-hydrogen) atoms. The topological polar surface area (TPSA) is 134 Å². The van der Waals surface area contributed by atoms with Crippen LogP contribution >= 0.6 is 0 Å². The Hall–Kier alpha value is -5.19. The number of amides is 1. The van der Waals surface area contributed by atoms with Crippen molar-refractivity contribution in [1.82, 2.24) is 29.6 Å². The molecule has 3 heterocycles. The maximum atomic E-state index is 11.6. The van der Waals surface area contributed by atoms with Gasteiger partial charge in [-0.3, -0.25) is 9.48 Å². The second kappa shape index (κ2) is 9.22. The number of carbonyl (C=O) groups is 1. The van der Waals surface area contributed by atoms with Crippen molar-refractivity contribution >= 4 is 22.9 Å². The molecule has 0 aliphatic carbocycles. The molecule has 0 atom stereocenters. The molecule has 0 aliphatic rings. The van der Waals surface area contributed by atoms with Crippen LogP contribution in [-0.4, -0.2) is 42.6 Å². The van der Waals surface area contributed by atoms with Gasteiger partial charge in [-0.2, -0.15) is 0 Å². The number of hydrogen-bond donors (Lipinski definition) is 2. The van der Waals surface area contributed by atoms with Gasteiger partial charge < -0.3 is 20.5 Å². The van der Waals surface area contributed by atoms with Crippen LogP contribution in [-0.2, 0) is 11.8 Å². The van der Waals surface area contributed by atoms with Crippen LogP contribution in [0.5, 0.6) is 17.4 Å². The van der Waals surface area contributed by atoms with Crippen LogP contribution in [0.1, 0.15) is 0 Å². The van der Waals surface area contributed by atoms with E-state index in [0.29, 0.717) is 34.3 Å². The molecule has 0 unspecified atom stereocenters. The zero-order valence-corrected chi connectivity index (χ0v) is 19.5. The first kappa shape index (κ1) is 22.6. The summed E-state index contributed by atoms with van der Waals surface area (Å²) in [5.74, 6) is 1.44. The maximum absolute atomic E-state index is 11.6. The zero-order valence-electron chi connectivity index (χ0n) is 19.5. The second-order valence-electron chi connectivity index (χ2n) is 7.77. The third kappa shape index (κ3) is 4.20. The fourth-order valence-corrected chi connectivity index (χ4v) is 3.77. The van der Waals surface area contributed by atoms with Crippen LogP contribution in [0.25, 0.3) is 27.9 Å². The Morgan fingerprint density at radius 3 is 2.56 bits per heavy atom. The van der Waals surface area contributed by atoms with Gasteiger partial charge in [0.25, 0.3) is 0 Å². The summed E-state index contributed by atoms with van der Waals surface area (Å²) in [6, 6.07) is 14.5. The van der Waals surface area contributed by atoms with Crippen molar-refractivity contribution in [3.63, 3.8) is 0 Å². The Bertz CT molecular complexity index is 1590. The molecule has 0 saturated heterocycles. The van der Waals surface area contributed by atoms with Crippen LogP contribution in [0.3, 0.4) is 0 Å². The van der Waals surface area contributed by atoms with E-state index in [2.05, 4.69) is 32.2 Å². The van der Waals surface area contributed by atoms with E-state index >= 15 is 0 Å². The van der Waals surface area contributed by atoms with Gasteiger partial charge in [0.2, 0.25) is 11.8 Å². The standard InChI is InChI=1S/C25H22N8O3/c1-4-20(34)29-17-8-5-15(6-9-17)23-22(24-25(26)27-14-28-33(24)31-23)16-7-10-18(19(13-16)35-3)36-21-11-12-32(2)30-21/h4-14H,1H2,2-3H3,(H,29,34)(H2,26,27,28). The molecular formula is C25H22N8O3. The van der Waals surface area contributed by atoms with E-state index in [4.69, 9.17) is 15.2 Å². The highest BCUT2D eigenvalue weighted by Crippen LogP contribution is 2.41. The van der Waals surface area contributed by atoms with Crippen molar-refractivity contribution in [1.29, 1.82) is 0 Å². The maximum Gasteiger partial charge on any atom is 0.247 e. The lowest BCUT2D eigenvalue weighted by Gasteiger charge is -2.11. The summed E-state index contributed by atoms with van der Waals surface area (Å²) in [5.41, 5.74) is 10.3. The van der Waals surface area contributed by atoms with Gasteiger partial charge in [0.05, 0.1) is 7.11 Å². The van der Waals surface area contributed by atoms with Gasteiger partial charge in [-0.1, -0.05) is 24.8 Å². The molecule has 1 amide bonds. The molecule has 0 fully saturated rings. The number of nitrogens with two attached hydrogens (primary N) is 1. The van der Waals surface area contributed by atoms with Gasteiger partial charge in [0.1, 0.15) is 17.5 Å². The Kier molecular flexibility index (Phi) is 5.79. The van der Waals surface area contributed by atoms with Crippen molar-refractivity contribution in [3.05, 3.63) is 73.7 Å². The predicted octanol–water partition coefficient (Wildman–Crippen LogP) is 3.70. The monoisotopic (exact) mass is 482 g/mol. The van der Waals surface area contributed by atoms with E-state index in [1.54, 1.807) is 42.3 Å². The van der Waals surface area contributed by atoms with E-state index in [0.717, 1.165) is 16.7 Å². The molecule has 2 aromatic carbocycles. The van der Waals surface area contributed by atoms with Gasteiger partial charge in [-0.05, 0) is 35.9 Å². The van der Waals surface area contributed by atoms with Crippen LogP contribution in [0, 0.1) is 0 Å². The van der Waals surface area contributed by atoms with Gasteiger partial charge in [0, 0.05) is 36.1 Å². The number of nitrogens with one attached hydrogen (secondary N) is 1. The van der Waals surface area contributed by atoms with Crippen LogP contribution < -0.4 is 20.5 Å². The lowest BCUT2D eigenvalue weighted by Crippen LogP contribution is -2.06. The molecule has 11 heteroatoms. The fourth-order valence-electron chi connectivity index (χ4n) is 3.77. The van der Waals surface area contributed by atoms with E-state index in [9.17, 15) is 4.79 Å². The number of methoxy groups -OCH3 is 1. The van der Waals surface area contributed by atoms with Crippen LogP contribution in [0.4, 0.5) is 11.5 Å². The first-order chi connectivity index (χ1) is 17.5. The summed E-state index contributed by atoms with van der Waals surface area (Å²) >= 11 is 0. The highest BCUT2D eigenvalue weighted by Gasteiger charge is 2.21. The summed E-state index contributed by atoms with van der Waals surface area (Å²) in [7, 11) is 3.38. The normalized spacial score (nSPS) is 10.8. The highest BCUT2D eigenvalue weighted by molar-refractivity contribution is 5.99. The first-order valence-electron chi connectivity index (χ1n) is 10.9. The largest absolute Gasteiger partial charge is 0.493 e. The van der Waals surface area contributed by atoms with Crippen molar-refractivity contribution in [2.75, 3.05) is 18.2 Å². The number of carbonyl (C=O) groups excluding carboxylic acids is 1. The minimum atomic E-state index is -0.292. The molecule has 0 radical (unpaired) electrons. The summed E-state index contributed by atoms with van der Waals surface area (Å²) in [5, 5.41) is 15.9. The molecular weight excluding hydrogens is 460 g/mol. The third-order valence-electron chi connectivity index (χ3n) is 5.44. The van der Waals surface area contributed by atoms with Gasteiger partial charge >= 0.3 is 0 Å². The first-order valence-corrected chi connectivity index (χ1v) is 10.9. The zero-order chi connectivity index (χ0) is 25.2. The molecule has 3 N–H and O–H groups in total. The summed E-state index contributed by atoms with van der Waals surface area (Å²) in [4.78, 5) is 15.8. The number of fused-ring (bicyclic) bond motifs is 1. The molecule has 5 aromatic rings. The minimum absolute atomic E-state index is 0.279. The van der Waals surface area contributed by atoms with Gasteiger partial charge in [-0.25, -0.2) is 4.98 Å². The summed E-state index contributed by atoms with van der Waals surface area (Å²) < 4.78 is 14.6. The van der Waals surface area contributed by atoms with Crippen molar-refractivity contribution in [2.24, 2.45) is 7.05 Å². The van der Waals surface area contributed by atoms with E-state index in [1.165, 1.54) is 17.0 Å². The molecule has 0 bridgehead atoms. The molecule has 0 aliphatic heterocycles. The molecule has 0 saturated carbocycles. The number of rotatable bonds is 7. The highest BCUT2D eigenvalue weighted by atomic mass is 16.5. The number of ether oxygens (including phenoxy) is 2. The number of nitrogen functional groups attached to an aromatic ring is 1. The Balaban J connectivity index is 1.61. The molecule has 0 spiro atoms. The molecule has 3 aromatic heterocycles. The third-order valence-corrected chi connectivity index (χ3v) is 5.44. The number of hydrogen-bond acceptors (Lipinski definition) is 8.